The zero-order chi connectivity index (χ0) is 13.5. The van der Waals surface area contributed by atoms with Gasteiger partial charge in [-0.05, 0) is 24.5 Å². The molecule has 19 heavy (non-hydrogen) atoms. The molecule has 0 fully saturated rings. The second-order valence-electron chi connectivity index (χ2n) is 4.87. The van der Waals surface area contributed by atoms with E-state index in [1.54, 1.807) is 0 Å². The Hall–Kier alpha value is -1.64. The van der Waals surface area contributed by atoms with E-state index >= 15 is 0 Å². The maximum absolute atomic E-state index is 9.52. The summed E-state index contributed by atoms with van der Waals surface area (Å²) in [7, 11) is 0. The summed E-state index contributed by atoms with van der Waals surface area (Å²) in [5.41, 5.74) is 2.49. The highest BCUT2D eigenvalue weighted by Crippen LogP contribution is 2.13. The standard InChI is InChI=1S/C17H21NO/c1-14(16-10-6-3-7-11-16)18-17(13-19)12-15-8-4-2-5-9-15/h2-11,14,17-19H,12-13H2,1H3/t14?,17-/m0/s1. The molecule has 100 valence electrons. The highest BCUT2D eigenvalue weighted by molar-refractivity contribution is 5.19. The average Bonchev–Trinajstić information content (AvgIpc) is 2.48. The van der Waals surface area contributed by atoms with Gasteiger partial charge in [-0.1, -0.05) is 60.7 Å². The predicted octanol–water partition coefficient (Wildman–Crippen LogP) is 2.94. The summed E-state index contributed by atoms with van der Waals surface area (Å²) in [6.45, 7) is 2.27. The molecule has 0 heterocycles. The molecular weight excluding hydrogens is 234 g/mol. The minimum absolute atomic E-state index is 0.0811. The molecule has 2 nitrogen and oxygen atoms in total. The minimum atomic E-state index is 0.0811. The van der Waals surface area contributed by atoms with Crippen molar-refractivity contribution in [2.75, 3.05) is 6.61 Å². The van der Waals surface area contributed by atoms with Crippen LogP contribution in [0, 0.1) is 0 Å². The molecule has 0 saturated carbocycles. The molecule has 2 heteroatoms. The Labute approximate surface area is 115 Å². The first-order valence-corrected chi connectivity index (χ1v) is 6.75. The molecule has 0 aliphatic rings. The lowest BCUT2D eigenvalue weighted by Crippen LogP contribution is -2.36. The van der Waals surface area contributed by atoms with E-state index in [0.717, 1.165) is 6.42 Å². The fourth-order valence-electron chi connectivity index (χ4n) is 2.27. The zero-order valence-corrected chi connectivity index (χ0v) is 11.3. The number of hydrogen-bond acceptors (Lipinski definition) is 2. The van der Waals surface area contributed by atoms with Crippen LogP contribution in [0.4, 0.5) is 0 Å². The molecule has 0 radical (unpaired) electrons. The predicted molar refractivity (Wildman–Crippen MR) is 79.0 cm³/mol. The van der Waals surface area contributed by atoms with E-state index in [0.29, 0.717) is 0 Å². The van der Waals surface area contributed by atoms with Crippen molar-refractivity contribution in [3.63, 3.8) is 0 Å². The third-order valence-corrected chi connectivity index (χ3v) is 3.33. The minimum Gasteiger partial charge on any atom is -0.395 e. The molecule has 2 aromatic carbocycles. The van der Waals surface area contributed by atoms with E-state index in [4.69, 9.17) is 0 Å². The summed E-state index contributed by atoms with van der Waals surface area (Å²) in [6, 6.07) is 20.9. The molecule has 0 aliphatic carbocycles. The van der Waals surface area contributed by atoms with Crippen molar-refractivity contribution in [2.45, 2.75) is 25.4 Å². The summed E-state index contributed by atoms with van der Waals surface area (Å²) in [5.74, 6) is 0. The molecule has 1 unspecified atom stereocenters. The van der Waals surface area contributed by atoms with Gasteiger partial charge >= 0.3 is 0 Å². The van der Waals surface area contributed by atoms with Gasteiger partial charge in [-0.2, -0.15) is 0 Å². The lowest BCUT2D eigenvalue weighted by molar-refractivity contribution is 0.232. The highest BCUT2D eigenvalue weighted by atomic mass is 16.3. The van der Waals surface area contributed by atoms with E-state index < -0.39 is 0 Å². The molecule has 0 aromatic heterocycles. The number of benzene rings is 2. The Morgan fingerprint density at radius 1 is 0.947 bits per heavy atom. The van der Waals surface area contributed by atoms with Gasteiger partial charge in [0.25, 0.3) is 0 Å². The van der Waals surface area contributed by atoms with Crippen LogP contribution in [0.15, 0.2) is 60.7 Å². The van der Waals surface area contributed by atoms with Gasteiger partial charge < -0.3 is 10.4 Å². The van der Waals surface area contributed by atoms with Gasteiger partial charge in [-0.3, -0.25) is 0 Å². The normalized spacial score (nSPS) is 14.0. The maximum atomic E-state index is 9.52. The Balaban J connectivity index is 1.96. The van der Waals surface area contributed by atoms with E-state index in [1.165, 1.54) is 11.1 Å². The molecule has 2 atom stereocenters. The van der Waals surface area contributed by atoms with Crippen LogP contribution in [0.1, 0.15) is 24.1 Å². The summed E-state index contributed by atoms with van der Waals surface area (Å²) < 4.78 is 0. The van der Waals surface area contributed by atoms with Gasteiger partial charge in [0.1, 0.15) is 0 Å². The fraction of sp³-hybridized carbons (Fsp3) is 0.294. The third kappa shape index (κ3) is 4.19. The Bertz CT molecular complexity index is 469. The van der Waals surface area contributed by atoms with Gasteiger partial charge in [0.2, 0.25) is 0 Å². The van der Waals surface area contributed by atoms with Gasteiger partial charge in [0.05, 0.1) is 6.61 Å². The Morgan fingerprint density at radius 3 is 2.11 bits per heavy atom. The zero-order valence-electron chi connectivity index (χ0n) is 11.3. The molecule has 0 bridgehead atoms. The van der Waals surface area contributed by atoms with Crippen LogP contribution in [0.5, 0.6) is 0 Å². The number of aliphatic hydroxyl groups is 1. The van der Waals surface area contributed by atoms with Crippen molar-refractivity contribution in [1.29, 1.82) is 0 Å². The third-order valence-electron chi connectivity index (χ3n) is 3.33. The van der Waals surface area contributed by atoms with E-state index in [9.17, 15) is 5.11 Å². The number of aliphatic hydroxyl groups excluding tert-OH is 1. The van der Waals surface area contributed by atoms with Crippen LogP contribution in [-0.2, 0) is 6.42 Å². The van der Waals surface area contributed by atoms with Crippen LogP contribution in [-0.4, -0.2) is 17.8 Å². The van der Waals surface area contributed by atoms with Crippen molar-refractivity contribution in [3.8, 4) is 0 Å². The van der Waals surface area contributed by atoms with Crippen molar-refractivity contribution >= 4 is 0 Å². The quantitative estimate of drug-likeness (QED) is 0.832. The Morgan fingerprint density at radius 2 is 1.53 bits per heavy atom. The van der Waals surface area contributed by atoms with E-state index in [1.807, 2.05) is 36.4 Å². The summed E-state index contributed by atoms with van der Waals surface area (Å²) in [4.78, 5) is 0. The topological polar surface area (TPSA) is 32.3 Å². The van der Waals surface area contributed by atoms with Gasteiger partial charge in [0, 0.05) is 12.1 Å². The SMILES string of the molecule is CC(N[C@H](CO)Cc1ccccc1)c1ccccc1. The summed E-state index contributed by atoms with van der Waals surface area (Å²) in [5, 5.41) is 13.0. The van der Waals surface area contributed by atoms with Gasteiger partial charge in [-0.15, -0.1) is 0 Å². The first kappa shape index (κ1) is 13.8. The van der Waals surface area contributed by atoms with Gasteiger partial charge in [-0.25, -0.2) is 0 Å². The molecule has 0 saturated heterocycles. The maximum Gasteiger partial charge on any atom is 0.0588 e. The second kappa shape index (κ2) is 7.07. The number of nitrogens with one attached hydrogen (secondary N) is 1. The van der Waals surface area contributed by atoms with Crippen molar-refractivity contribution in [3.05, 3.63) is 71.8 Å². The summed E-state index contributed by atoms with van der Waals surface area (Å²) in [6.07, 6.45) is 0.842. The number of hydrogen-bond donors (Lipinski definition) is 2. The lowest BCUT2D eigenvalue weighted by Gasteiger charge is -2.22. The highest BCUT2D eigenvalue weighted by Gasteiger charge is 2.12. The van der Waals surface area contributed by atoms with Crippen LogP contribution in [0.3, 0.4) is 0 Å². The largest absolute Gasteiger partial charge is 0.395 e. The monoisotopic (exact) mass is 255 g/mol. The fourth-order valence-corrected chi connectivity index (χ4v) is 2.27. The van der Waals surface area contributed by atoms with Crippen molar-refractivity contribution in [1.82, 2.24) is 5.32 Å². The molecule has 2 aromatic rings. The van der Waals surface area contributed by atoms with Gasteiger partial charge in [0.15, 0.2) is 0 Å². The smallest absolute Gasteiger partial charge is 0.0588 e. The molecule has 2 rings (SSSR count). The summed E-state index contributed by atoms with van der Waals surface area (Å²) >= 11 is 0. The molecule has 0 amide bonds. The molecule has 2 N–H and O–H groups in total. The van der Waals surface area contributed by atoms with Crippen LogP contribution >= 0.6 is 0 Å². The first-order valence-electron chi connectivity index (χ1n) is 6.75. The van der Waals surface area contributed by atoms with Crippen molar-refractivity contribution in [2.24, 2.45) is 0 Å². The lowest BCUT2D eigenvalue weighted by atomic mass is 10.0. The van der Waals surface area contributed by atoms with Crippen LogP contribution < -0.4 is 5.32 Å². The molecular formula is C17H21NO. The number of rotatable bonds is 6. The van der Waals surface area contributed by atoms with Crippen molar-refractivity contribution < 1.29 is 5.11 Å². The molecule has 0 spiro atoms. The van der Waals surface area contributed by atoms with E-state index in [-0.39, 0.29) is 18.7 Å². The Kier molecular flexibility index (Phi) is 5.13. The second-order valence-corrected chi connectivity index (χ2v) is 4.87. The van der Waals surface area contributed by atoms with E-state index in [2.05, 4.69) is 36.5 Å². The van der Waals surface area contributed by atoms with Crippen LogP contribution in [0.2, 0.25) is 0 Å². The van der Waals surface area contributed by atoms with Crippen LogP contribution in [0.25, 0.3) is 0 Å². The average molecular weight is 255 g/mol. The first-order chi connectivity index (χ1) is 9.29. The molecule has 0 aliphatic heterocycles.